The highest BCUT2D eigenvalue weighted by atomic mass is 32.2. The molecule has 11 nitrogen and oxygen atoms in total. The van der Waals surface area contributed by atoms with Gasteiger partial charge in [-0.05, 0) is 43.7 Å². The number of nitrogens with zero attached hydrogens (tertiary/aromatic N) is 6. The number of sulfonamides is 1. The monoisotopic (exact) mass is 537 g/mol. The van der Waals surface area contributed by atoms with E-state index in [2.05, 4.69) is 20.0 Å². The lowest BCUT2D eigenvalue weighted by atomic mass is 10.1. The fourth-order valence-electron chi connectivity index (χ4n) is 4.81. The molecular weight excluding hydrogens is 506 g/mol. The first-order valence-electron chi connectivity index (χ1n) is 12.7. The Balaban J connectivity index is 1.51. The number of piperazine rings is 1. The van der Waals surface area contributed by atoms with Crippen LogP contribution in [0, 0.1) is 0 Å². The lowest BCUT2D eigenvalue weighted by Gasteiger charge is -2.35. The summed E-state index contributed by atoms with van der Waals surface area (Å²) in [6.07, 6.45) is 4.98. The van der Waals surface area contributed by atoms with Crippen molar-refractivity contribution in [2.24, 2.45) is 7.05 Å². The Labute approximate surface area is 221 Å². The van der Waals surface area contributed by atoms with Crippen molar-refractivity contribution in [2.75, 3.05) is 37.7 Å². The predicted molar refractivity (Wildman–Crippen MR) is 145 cm³/mol. The van der Waals surface area contributed by atoms with E-state index in [1.165, 1.54) is 15.1 Å². The zero-order valence-electron chi connectivity index (χ0n) is 21.7. The highest BCUT2D eigenvalue weighted by molar-refractivity contribution is 7.89. The molecule has 4 heterocycles. The smallest absolute Gasteiger partial charge is 0.277 e. The number of pyridine rings is 1. The molecular formula is C26H31N7O4S. The van der Waals surface area contributed by atoms with Gasteiger partial charge < -0.3 is 14.6 Å². The molecule has 4 aromatic rings. The highest BCUT2D eigenvalue weighted by Gasteiger charge is 2.30. The number of hydrogen-bond donors (Lipinski definition) is 1. The molecule has 0 bridgehead atoms. The molecule has 0 spiro atoms. The Morgan fingerprint density at radius 2 is 1.79 bits per heavy atom. The number of fused-ring (bicyclic) bond motifs is 1. The molecule has 0 radical (unpaired) electrons. The van der Waals surface area contributed by atoms with E-state index in [1.54, 1.807) is 31.6 Å². The SMILES string of the molecule is CCCc1nn(C)c2c(=O)[nH]c(-c3cc(S(=O)(=O)N4CCN(c5ccncc5)CC4)ccc3OCC)nc12. The van der Waals surface area contributed by atoms with E-state index in [0.717, 1.165) is 17.8 Å². The van der Waals surface area contributed by atoms with Crippen LogP contribution < -0.4 is 15.2 Å². The summed E-state index contributed by atoms with van der Waals surface area (Å²) < 4.78 is 36.1. The van der Waals surface area contributed by atoms with Crippen LogP contribution in [-0.4, -0.2) is 70.2 Å². The number of aromatic amines is 1. The summed E-state index contributed by atoms with van der Waals surface area (Å²) in [6.45, 7) is 6.09. The molecule has 0 aliphatic carbocycles. The number of hydrogen-bond acceptors (Lipinski definition) is 8. The van der Waals surface area contributed by atoms with Gasteiger partial charge in [0.25, 0.3) is 5.56 Å². The third-order valence-corrected chi connectivity index (χ3v) is 8.55. The van der Waals surface area contributed by atoms with E-state index in [-0.39, 0.29) is 16.3 Å². The molecule has 1 aliphatic rings. The van der Waals surface area contributed by atoms with Crippen molar-refractivity contribution >= 4 is 26.7 Å². The second kappa shape index (κ2) is 10.5. The molecule has 1 aliphatic heterocycles. The van der Waals surface area contributed by atoms with Crippen LogP contribution in [0.2, 0.25) is 0 Å². The number of aryl methyl sites for hydroxylation is 2. The average Bonchev–Trinajstić information content (AvgIpc) is 3.25. The van der Waals surface area contributed by atoms with Crippen LogP contribution in [0.5, 0.6) is 5.75 Å². The molecule has 12 heteroatoms. The Kier molecular flexibility index (Phi) is 7.17. The van der Waals surface area contributed by atoms with Gasteiger partial charge in [0.1, 0.15) is 17.1 Å². The number of benzene rings is 1. The van der Waals surface area contributed by atoms with Gasteiger partial charge in [0, 0.05) is 51.3 Å². The summed E-state index contributed by atoms with van der Waals surface area (Å²) in [5.74, 6) is 0.688. The van der Waals surface area contributed by atoms with Crippen molar-refractivity contribution in [1.29, 1.82) is 0 Å². The second-order valence-electron chi connectivity index (χ2n) is 9.12. The van der Waals surface area contributed by atoms with Crippen molar-refractivity contribution in [3.05, 3.63) is 58.8 Å². The number of H-pyrrole nitrogens is 1. The van der Waals surface area contributed by atoms with E-state index >= 15 is 0 Å². The Morgan fingerprint density at radius 3 is 2.47 bits per heavy atom. The minimum absolute atomic E-state index is 0.121. The van der Waals surface area contributed by atoms with Crippen LogP contribution >= 0.6 is 0 Å². The fourth-order valence-corrected chi connectivity index (χ4v) is 6.26. The number of anilines is 1. The second-order valence-corrected chi connectivity index (χ2v) is 11.1. The van der Waals surface area contributed by atoms with Gasteiger partial charge in [-0.3, -0.25) is 14.5 Å². The molecule has 1 N–H and O–H groups in total. The number of rotatable bonds is 8. The van der Waals surface area contributed by atoms with Crippen molar-refractivity contribution < 1.29 is 13.2 Å². The first kappa shape index (κ1) is 25.9. The standard InChI is InChI=1S/C26H31N7O4S/c1-4-6-21-23-24(31(3)30-21)26(34)29-25(28-23)20-17-19(7-8-22(20)37-5-2)38(35,36)33-15-13-32(14-16-33)18-9-11-27-12-10-18/h7-12,17H,4-6,13-16H2,1-3H3,(H,28,29,34). The van der Waals surface area contributed by atoms with E-state index in [4.69, 9.17) is 9.72 Å². The maximum Gasteiger partial charge on any atom is 0.277 e. The molecule has 1 saturated heterocycles. The molecule has 0 unspecified atom stereocenters. The van der Waals surface area contributed by atoms with E-state index in [0.29, 0.717) is 61.6 Å². The Hall–Kier alpha value is -3.77. The molecule has 0 amide bonds. The van der Waals surface area contributed by atoms with Gasteiger partial charge in [-0.2, -0.15) is 9.40 Å². The summed E-state index contributed by atoms with van der Waals surface area (Å²) in [5, 5.41) is 4.47. The van der Waals surface area contributed by atoms with Crippen LogP contribution in [0.15, 0.2) is 52.4 Å². The summed E-state index contributed by atoms with van der Waals surface area (Å²) in [4.78, 5) is 26.9. The van der Waals surface area contributed by atoms with Crippen LogP contribution in [0.3, 0.4) is 0 Å². The largest absolute Gasteiger partial charge is 0.493 e. The van der Waals surface area contributed by atoms with Gasteiger partial charge in [-0.25, -0.2) is 13.4 Å². The van der Waals surface area contributed by atoms with Crippen molar-refractivity contribution in [2.45, 2.75) is 31.6 Å². The maximum absolute atomic E-state index is 13.7. The maximum atomic E-state index is 13.7. The van der Waals surface area contributed by atoms with Crippen LogP contribution in [0.25, 0.3) is 22.4 Å². The van der Waals surface area contributed by atoms with Crippen LogP contribution in [0.1, 0.15) is 26.0 Å². The minimum Gasteiger partial charge on any atom is -0.493 e. The van der Waals surface area contributed by atoms with Gasteiger partial charge in [0.15, 0.2) is 5.52 Å². The summed E-state index contributed by atoms with van der Waals surface area (Å²) in [5.41, 5.74) is 2.70. The fraction of sp³-hybridized carbons (Fsp3) is 0.385. The number of aromatic nitrogens is 5. The molecule has 38 heavy (non-hydrogen) atoms. The lowest BCUT2D eigenvalue weighted by molar-refractivity contribution is 0.341. The number of ether oxygens (including phenoxy) is 1. The van der Waals surface area contributed by atoms with Gasteiger partial charge in [0.2, 0.25) is 10.0 Å². The first-order valence-corrected chi connectivity index (χ1v) is 14.2. The number of nitrogens with one attached hydrogen (secondary N) is 1. The van der Waals surface area contributed by atoms with E-state index in [9.17, 15) is 13.2 Å². The van der Waals surface area contributed by atoms with Crippen molar-refractivity contribution in [1.82, 2.24) is 29.0 Å². The Morgan fingerprint density at radius 1 is 1.05 bits per heavy atom. The molecule has 0 atom stereocenters. The third kappa shape index (κ3) is 4.76. The van der Waals surface area contributed by atoms with Crippen LogP contribution in [0.4, 0.5) is 5.69 Å². The van der Waals surface area contributed by atoms with Crippen LogP contribution in [-0.2, 0) is 23.5 Å². The summed E-state index contributed by atoms with van der Waals surface area (Å²) in [7, 11) is -2.08. The van der Waals surface area contributed by atoms with E-state index in [1.807, 2.05) is 26.0 Å². The van der Waals surface area contributed by atoms with Crippen molar-refractivity contribution in [3.63, 3.8) is 0 Å². The Bertz CT molecular complexity index is 1610. The topological polar surface area (TPSA) is 126 Å². The summed E-state index contributed by atoms with van der Waals surface area (Å²) >= 11 is 0. The van der Waals surface area contributed by atoms with Crippen molar-refractivity contribution in [3.8, 4) is 17.1 Å². The zero-order valence-corrected chi connectivity index (χ0v) is 22.5. The minimum atomic E-state index is -3.79. The normalized spacial score (nSPS) is 14.8. The lowest BCUT2D eigenvalue weighted by Crippen LogP contribution is -2.48. The highest BCUT2D eigenvalue weighted by Crippen LogP contribution is 2.32. The molecule has 3 aromatic heterocycles. The summed E-state index contributed by atoms with van der Waals surface area (Å²) in [6, 6.07) is 8.54. The van der Waals surface area contributed by atoms with Gasteiger partial charge in [0.05, 0.1) is 22.8 Å². The van der Waals surface area contributed by atoms with Gasteiger partial charge in [-0.1, -0.05) is 13.3 Å². The quantitative estimate of drug-likeness (QED) is 0.364. The van der Waals surface area contributed by atoms with Gasteiger partial charge >= 0.3 is 0 Å². The first-order chi connectivity index (χ1) is 18.3. The molecule has 1 fully saturated rings. The molecule has 5 rings (SSSR count). The molecule has 0 saturated carbocycles. The van der Waals surface area contributed by atoms with E-state index < -0.39 is 10.0 Å². The third-order valence-electron chi connectivity index (χ3n) is 6.66. The molecule has 1 aromatic carbocycles. The van der Waals surface area contributed by atoms with Gasteiger partial charge in [-0.15, -0.1) is 0 Å². The molecule has 200 valence electrons. The average molecular weight is 538 g/mol. The zero-order chi connectivity index (χ0) is 26.9. The predicted octanol–water partition coefficient (Wildman–Crippen LogP) is 2.58.